The third-order valence-electron chi connectivity index (χ3n) is 4.05. The predicted molar refractivity (Wildman–Crippen MR) is 87.7 cm³/mol. The Labute approximate surface area is 131 Å². The standard InChI is InChI=1S/C19H34N.FH/c1-2-3-4-5-6-7-8-9-10-11-12-14-17-20-18-15-13-16-19-20;/h13,15-16,18-19H,2-12,14,17H2,1H3;1H/q+1;/p-1. The Morgan fingerprint density at radius 2 is 1.00 bits per heavy atom. The Kier molecular flexibility index (Phi) is 14.8. The molecule has 0 saturated carbocycles. The second-order valence-electron chi connectivity index (χ2n) is 6.00. The molecule has 1 rings (SSSR count). The minimum atomic E-state index is 0. The highest BCUT2D eigenvalue weighted by Gasteiger charge is 1.97. The number of rotatable bonds is 13. The molecule has 0 spiro atoms. The number of hydrogen-bond donors (Lipinski definition) is 0. The summed E-state index contributed by atoms with van der Waals surface area (Å²) in [6, 6.07) is 6.31. The third kappa shape index (κ3) is 12.5. The van der Waals surface area contributed by atoms with Crippen LogP contribution in [0.3, 0.4) is 0 Å². The van der Waals surface area contributed by atoms with Gasteiger partial charge in [-0.3, -0.25) is 0 Å². The maximum Gasteiger partial charge on any atom is 0.168 e. The Hall–Kier alpha value is -0.920. The molecule has 1 aromatic heterocycles. The molecule has 1 heterocycles. The van der Waals surface area contributed by atoms with Crippen LogP contribution in [0.4, 0.5) is 0 Å². The van der Waals surface area contributed by atoms with E-state index in [-0.39, 0.29) is 4.70 Å². The number of hydrogen-bond acceptors (Lipinski definition) is 0. The minimum Gasteiger partial charge on any atom is -1.00 e. The van der Waals surface area contributed by atoms with Crippen molar-refractivity contribution in [1.29, 1.82) is 0 Å². The molecular weight excluding hydrogens is 261 g/mol. The molecule has 0 aliphatic carbocycles. The van der Waals surface area contributed by atoms with Gasteiger partial charge in [-0.2, -0.15) is 0 Å². The molecule has 21 heavy (non-hydrogen) atoms. The van der Waals surface area contributed by atoms with E-state index in [1.54, 1.807) is 0 Å². The molecule has 0 aromatic carbocycles. The molecule has 0 aliphatic rings. The van der Waals surface area contributed by atoms with Crippen LogP contribution in [-0.4, -0.2) is 0 Å². The highest BCUT2D eigenvalue weighted by molar-refractivity contribution is 4.83. The van der Waals surface area contributed by atoms with E-state index >= 15 is 0 Å². The summed E-state index contributed by atoms with van der Waals surface area (Å²) in [7, 11) is 0. The van der Waals surface area contributed by atoms with Crippen molar-refractivity contribution in [3.63, 3.8) is 0 Å². The van der Waals surface area contributed by atoms with Crippen molar-refractivity contribution >= 4 is 0 Å². The highest BCUT2D eigenvalue weighted by Crippen LogP contribution is 2.11. The van der Waals surface area contributed by atoms with Gasteiger partial charge >= 0.3 is 0 Å². The van der Waals surface area contributed by atoms with Gasteiger partial charge in [-0.25, -0.2) is 4.57 Å². The van der Waals surface area contributed by atoms with Crippen LogP contribution in [-0.2, 0) is 6.54 Å². The third-order valence-corrected chi connectivity index (χ3v) is 4.05. The molecule has 0 N–H and O–H groups in total. The number of halogens is 1. The van der Waals surface area contributed by atoms with Gasteiger partial charge in [0.05, 0.1) is 0 Å². The Balaban J connectivity index is 0.00000400. The molecule has 0 radical (unpaired) electrons. The molecule has 0 aliphatic heterocycles. The second kappa shape index (κ2) is 15.5. The maximum absolute atomic E-state index is 2.29. The lowest BCUT2D eigenvalue weighted by molar-refractivity contribution is -0.697. The summed E-state index contributed by atoms with van der Waals surface area (Å²) in [6.07, 6.45) is 21.4. The summed E-state index contributed by atoms with van der Waals surface area (Å²) in [5.74, 6) is 0. The molecule has 0 unspecified atom stereocenters. The van der Waals surface area contributed by atoms with Crippen molar-refractivity contribution in [2.45, 2.75) is 90.5 Å². The normalized spacial score (nSPS) is 10.3. The molecule has 0 amide bonds. The first kappa shape index (κ1) is 20.1. The van der Waals surface area contributed by atoms with Gasteiger partial charge < -0.3 is 4.70 Å². The van der Waals surface area contributed by atoms with Crippen LogP contribution in [0, 0.1) is 0 Å². The van der Waals surface area contributed by atoms with Crippen molar-refractivity contribution in [3.8, 4) is 0 Å². The zero-order valence-electron chi connectivity index (χ0n) is 13.9. The van der Waals surface area contributed by atoms with E-state index in [4.69, 9.17) is 0 Å². The number of pyridine rings is 1. The Bertz CT molecular complexity index is 300. The molecular formula is C19H34FN. The molecule has 1 nitrogen and oxygen atoms in total. The molecule has 0 fully saturated rings. The Morgan fingerprint density at radius 1 is 0.571 bits per heavy atom. The van der Waals surface area contributed by atoms with E-state index in [1.807, 2.05) is 0 Å². The van der Waals surface area contributed by atoms with Crippen molar-refractivity contribution < 1.29 is 9.27 Å². The number of aromatic nitrogens is 1. The average molecular weight is 295 g/mol. The Morgan fingerprint density at radius 3 is 1.48 bits per heavy atom. The predicted octanol–water partition coefficient (Wildman–Crippen LogP) is 2.68. The summed E-state index contributed by atoms with van der Waals surface area (Å²) in [6.45, 7) is 3.47. The van der Waals surface area contributed by atoms with Crippen LogP contribution in [0.5, 0.6) is 0 Å². The maximum atomic E-state index is 2.29. The molecule has 1 aromatic rings. The highest BCUT2D eigenvalue weighted by atomic mass is 19.0. The zero-order valence-corrected chi connectivity index (χ0v) is 13.9. The first-order chi connectivity index (χ1) is 9.93. The van der Waals surface area contributed by atoms with E-state index in [1.165, 1.54) is 83.6 Å². The summed E-state index contributed by atoms with van der Waals surface area (Å²) in [5, 5.41) is 0. The van der Waals surface area contributed by atoms with Gasteiger partial charge in [-0.05, 0) is 6.42 Å². The fourth-order valence-corrected chi connectivity index (χ4v) is 2.72. The summed E-state index contributed by atoms with van der Waals surface area (Å²) in [5.41, 5.74) is 0. The van der Waals surface area contributed by atoms with Gasteiger partial charge in [0.2, 0.25) is 0 Å². The van der Waals surface area contributed by atoms with E-state index in [0.717, 1.165) is 0 Å². The van der Waals surface area contributed by atoms with Gasteiger partial charge in [0.25, 0.3) is 0 Å². The molecule has 0 atom stereocenters. The van der Waals surface area contributed by atoms with Gasteiger partial charge in [0.15, 0.2) is 12.4 Å². The summed E-state index contributed by atoms with van der Waals surface area (Å²) in [4.78, 5) is 0. The average Bonchev–Trinajstić information content (AvgIpc) is 2.49. The number of nitrogens with zero attached hydrogens (tertiary/aromatic N) is 1. The van der Waals surface area contributed by atoms with Crippen molar-refractivity contribution in [2.24, 2.45) is 0 Å². The second-order valence-corrected chi connectivity index (χ2v) is 6.00. The largest absolute Gasteiger partial charge is 1.00 e. The van der Waals surface area contributed by atoms with Crippen LogP contribution in [0.25, 0.3) is 0 Å². The molecule has 2 heteroatoms. The summed E-state index contributed by atoms with van der Waals surface area (Å²) < 4.78 is 2.29. The van der Waals surface area contributed by atoms with Gasteiger partial charge in [-0.1, -0.05) is 77.2 Å². The first-order valence-electron chi connectivity index (χ1n) is 8.87. The topological polar surface area (TPSA) is 3.88 Å². The lowest BCUT2D eigenvalue weighted by Crippen LogP contribution is -3.00. The fourth-order valence-electron chi connectivity index (χ4n) is 2.72. The van der Waals surface area contributed by atoms with E-state index in [0.29, 0.717) is 0 Å². The smallest absolute Gasteiger partial charge is 0.168 e. The quantitative estimate of drug-likeness (QED) is 0.389. The van der Waals surface area contributed by atoms with Gasteiger partial charge in [-0.15, -0.1) is 0 Å². The monoisotopic (exact) mass is 295 g/mol. The van der Waals surface area contributed by atoms with E-state index in [9.17, 15) is 0 Å². The van der Waals surface area contributed by atoms with Crippen molar-refractivity contribution in [3.05, 3.63) is 30.6 Å². The van der Waals surface area contributed by atoms with Crippen LogP contribution in [0.2, 0.25) is 0 Å². The minimum absolute atomic E-state index is 0. The molecule has 122 valence electrons. The zero-order chi connectivity index (χ0) is 14.3. The first-order valence-corrected chi connectivity index (χ1v) is 8.87. The SMILES string of the molecule is CCCCCCCCCCCCCC[n+]1ccccc1.[F-]. The van der Waals surface area contributed by atoms with Crippen LogP contribution < -0.4 is 9.27 Å². The lowest BCUT2D eigenvalue weighted by atomic mass is 10.1. The van der Waals surface area contributed by atoms with E-state index < -0.39 is 0 Å². The van der Waals surface area contributed by atoms with Gasteiger partial charge in [0, 0.05) is 18.6 Å². The van der Waals surface area contributed by atoms with Crippen LogP contribution in [0.1, 0.15) is 84.0 Å². The summed E-state index contributed by atoms with van der Waals surface area (Å²) >= 11 is 0. The van der Waals surface area contributed by atoms with E-state index in [2.05, 4.69) is 42.1 Å². The van der Waals surface area contributed by atoms with Crippen molar-refractivity contribution in [1.82, 2.24) is 0 Å². The molecule has 0 saturated heterocycles. The van der Waals surface area contributed by atoms with Crippen molar-refractivity contribution in [2.75, 3.05) is 0 Å². The number of aryl methyl sites for hydroxylation is 1. The lowest BCUT2D eigenvalue weighted by Gasteiger charge is -2.02. The van der Waals surface area contributed by atoms with Crippen LogP contribution in [0.15, 0.2) is 30.6 Å². The molecule has 0 bridgehead atoms. The number of unbranched alkanes of at least 4 members (excludes halogenated alkanes) is 11. The van der Waals surface area contributed by atoms with Crippen LogP contribution >= 0.6 is 0 Å². The fraction of sp³-hybridized carbons (Fsp3) is 0.737. The van der Waals surface area contributed by atoms with Gasteiger partial charge in [0.1, 0.15) is 6.54 Å².